The molecule has 1 atom stereocenters. The molecule has 0 heterocycles. The summed E-state index contributed by atoms with van der Waals surface area (Å²) in [5.74, 6) is 1.65. The third kappa shape index (κ3) is 4.55. The van der Waals surface area contributed by atoms with E-state index in [4.69, 9.17) is 4.74 Å². The van der Waals surface area contributed by atoms with E-state index in [1.165, 1.54) is 0 Å². The van der Waals surface area contributed by atoms with Crippen LogP contribution in [0.25, 0.3) is 0 Å². The Morgan fingerprint density at radius 3 is 2.24 bits per heavy atom. The van der Waals surface area contributed by atoms with Gasteiger partial charge in [-0.3, -0.25) is 0 Å². The maximum absolute atomic E-state index is 6.09. The standard InChI is InChI=1S/C16H16Br3NO/c1-3-20-10(2)13-8-11(17)4-6-15(13)21-16-7-5-12(18)9-14(16)19/h4-10,20H,3H2,1-2H3. The van der Waals surface area contributed by atoms with Crippen LogP contribution >= 0.6 is 47.8 Å². The molecule has 0 saturated carbocycles. The molecular formula is C16H16Br3NO. The van der Waals surface area contributed by atoms with Gasteiger partial charge in [0.2, 0.25) is 0 Å². The van der Waals surface area contributed by atoms with E-state index >= 15 is 0 Å². The molecule has 0 aliphatic rings. The highest BCUT2D eigenvalue weighted by Crippen LogP contribution is 2.36. The summed E-state index contributed by atoms with van der Waals surface area (Å²) in [5, 5.41) is 3.42. The second-order valence-corrected chi connectivity index (χ2v) is 7.32. The quantitative estimate of drug-likeness (QED) is 0.535. The molecule has 0 aliphatic carbocycles. The van der Waals surface area contributed by atoms with E-state index in [-0.39, 0.29) is 6.04 Å². The zero-order valence-electron chi connectivity index (χ0n) is 11.8. The zero-order chi connectivity index (χ0) is 15.4. The summed E-state index contributed by atoms with van der Waals surface area (Å²) in [6.45, 7) is 5.14. The van der Waals surface area contributed by atoms with Crippen molar-refractivity contribution in [2.24, 2.45) is 0 Å². The van der Waals surface area contributed by atoms with Gasteiger partial charge in [0.15, 0.2) is 0 Å². The van der Waals surface area contributed by atoms with Crippen molar-refractivity contribution in [3.05, 3.63) is 55.4 Å². The summed E-state index contributed by atoms with van der Waals surface area (Å²) in [5.41, 5.74) is 1.13. The van der Waals surface area contributed by atoms with E-state index in [0.717, 1.165) is 37.0 Å². The smallest absolute Gasteiger partial charge is 0.141 e. The predicted molar refractivity (Wildman–Crippen MR) is 98.1 cm³/mol. The summed E-state index contributed by atoms with van der Waals surface area (Å²) in [6.07, 6.45) is 0. The van der Waals surface area contributed by atoms with Crippen LogP contribution in [-0.4, -0.2) is 6.54 Å². The van der Waals surface area contributed by atoms with Crippen LogP contribution < -0.4 is 10.1 Å². The van der Waals surface area contributed by atoms with Gasteiger partial charge in [-0.05, 0) is 65.8 Å². The number of halogens is 3. The Balaban J connectivity index is 2.34. The SMILES string of the molecule is CCNC(C)c1cc(Br)ccc1Oc1ccc(Br)cc1Br. The lowest BCUT2D eigenvalue weighted by Crippen LogP contribution is -2.18. The number of rotatable bonds is 5. The lowest BCUT2D eigenvalue weighted by molar-refractivity contribution is 0.460. The van der Waals surface area contributed by atoms with Crippen LogP contribution in [0.3, 0.4) is 0 Å². The van der Waals surface area contributed by atoms with E-state index in [2.05, 4.69) is 73.0 Å². The number of hydrogen-bond acceptors (Lipinski definition) is 2. The van der Waals surface area contributed by atoms with Crippen molar-refractivity contribution in [1.29, 1.82) is 0 Å². The molecule has 0 bridgehead atoms. The van der Waals surface area contributed by atoms with Crippen molar-refractivity contribution >= 4 is 47.8 Å². The average molecular weight is 478 g/mol. The van der Waals surface area contributed by atoms with Crippen LogP contribution in [0.5, 0.6) is 11.5 Å². The fraction of sp³-hybridized carbons (Fsp3) is 0.250. The number of benzene rings is 2. The maximum atomic E-state index is 6.09. The van der Waals surface area contributed by atoms with E-state index < -0.39 is 0 Å². The number of ether oxygens (including phenoxy) is 1. The molecule has 0 aromatic heterocycles. The second kappa shape index (κ2) is 7.77. The van der Waals surface area contributed by atoms with Crippen molar-refractivity contribution in [2.75, 3.05) is 6.54 Å². The van der Waals surface area contributed by atoms with Gasteiger partial charge in [-0.2, -0.15) is 0 Å². The molecule has 112 valence electrons. The molecule has 0 fully saturated rings. The number of hydrogen-bond donors (Lipinski definition) is 1. The van der Waals surface area contributed by atoms with Crippen molar-refractivity contribution in [3.63, 3.8) is 0 Å². The monoisotopic (exact) mass is 475 g/mol. The highest BCUT2D eigenvalue weighted by atomic mass is 79.9. The zero-order valence-corrected chi connectivity index (χ0v) is 16.5. The minimum absolute atomic E-state index is 0.219. The fourth-order valence-corrected chi connectivity index (χ4v) is 3.55. The minimum Gasteiger partial charge on any atom is -0.456 e. The first-order chi connectivity index (χ1) is 10.0. The highest BCUT2D eigenvalue weighted by Gasteiger charge is 2.13. The third-order valence-corrected chi connectivity index (χ3v) is 4.67. The van der Waals surface area contributed by atoms with E-state index in [9.17, 15) is 0 Å². The third-order valence-electron chi connectivity index (χ3n) is 3.06. The molecule has 2 nitrogen and oxygen atoms in total. The van der Waals surface area contributed by atoms with E-state index in [0.29, 0.717) is 0 Å². The summed E-state index contributed by atoms with van der Waals surface area (Å²) in [7, 11) is 0. The lowest BCUT2D eigenvalue weighted by atomic mass is 10.1. The molecule has 2 aromatic rings. The van der Waals surface area contributed by atoms with Gasteiger partial charge < -0.3 is 10.1 Å². The van der Waals surface area contributed by atoms with E-state index in [1.807, 2.05) is 30.3 Å². The van der Waals surface area contributed by atoms with Crippen molar-refractivity contribution in [3.8, 4) is 11.5 Å². The Kier molecular flexibility index (Phi) is 6.29. The molecule has 0 amide bonds. The van der Waals surface area contributed by atoms with Crippen molar-refractivity contribution in [2.45, 2.75) is 19.9 Å². The van der Waals surface area contributed by atoms with Gasteiger partial charge in [0.1, 0.15) is 11.5 Å². The first-order valence-corrected chi connectivity index (χ1v) is 9.05. The normalized spacial score (nSPS) is 12.2. The molecule has 5 heteroatoms. The Bertz CT molecular complexity index is 631. The summed E-state index contributed by atoms with van der Waals surface area (Å²) in [6, 6.07) is 12.2. The maximum Gasteiger partial charge on any atom is 0.141 e. The van der Waals surface area contributed by atoms with E-state index in [1.54, 1.807) is 0 Å². The predicted octanol–water partition coefficient (Wildman–Crippen LogP) is 6.44. The Morgan fingerprint density at radius 1 is 1.00 bits per heavy atom. The van der Waals surface area contributed by atoms with Crippen LogP contribution in [0.15, 0.2) is 49.8 Å². The van der Waals surface area contributed by atoms with Gasteiger partial charge >= 0.3 is 0 Å². The van der Waals surface area contributed by atoms with Gasteiger partial charge in [0, 0.05) is 20.6 Å². The molecule has 2 aromatic carbocycles. The molecule has 0 aliphatic heterocycles. The Hall–Kier alpha value is -0.360. The molecule has 21 heavy (non-hydrogen) atoms. The van der Waals surface area contributed by atoms with Gasteiger partial charge in [0.05, 0.1) is 4.47 Å². The van der Waals surface area contributed by atoms with Crippen molar-refractivity contribution in [1.82, 2.24) is 5.32 Å². The summed E-state index contributed by atoms with van der Waals surface area (Å²) < 4.78 is 9.07. The molecule has 1 unspecified atom stereocenters. The highest BCUT2D eigenvalue weighted by molar-refractivity contribution is 9.11. The fourth-order valence-electron chi connectivity index (χ4n) is 2.04. The summed E-state index contributed by atoms with van der Waals surface area (Å²) in [4.78, 5) is 0. The topological polar surface area (TPSA) is 21.3 Å². The van der Waals surface area contributed by atoms with Crippen LogP contribution in [0, 0.1) is 0 Å². The van der Waals surface area contributed by atoms with Gasteiger partial charge in [-0.15, -0.1) is 0 Å². The first-order valence-electron chi connectivity index (χ1n) is 6.67. The van der Waals surface area contributed by atoms with Crippen LogP contribution in [0.4, 0.5) is 0 Å². The van der Waals surface area contributed by atoms with Gasteiger partial charge in [-0.25, -0.2) is 0 Å². The molecule has 1 N–H and O–H groups in total. The van der Waals surface area contributed by atoms with Crippen LogP contribution in [-0.2, 0) is 0 Å². The minimum atomic E-state index is 0.219. The Morgan fingerprint density at radius 2 is 1.62 bits per heavy atom. The molecule has 0 spiro atoms. The molecule has 0 radical (unpaired) electrons. The molecular weight excluding hydrogens is 462 g/mol. The largest absolute Gasteiger partial charge is 0.456 e. The Labute approximate surface area is 150 Å². The van der Waals surface area contributed by atoms with Crippen LogP contribution in [0.2, 0.25) is 0 Å². The summed E-state index contributed by atoms with van der Waals surface area (Å²) >= 11 is 10.5. The lowest BCUT2D eigenvalue weighted by Gasteiger charge is -2.18. The van der Waals surface area contributed by atoms with Gasteiger partial charge in [0.25, 0.3) is 0 Å². The second-order valence-electron chi connectivity index (χ2n) is 4.64. The van der Waals surface area contributed by atoms with Crippen molar-refractivity contribution < 1.29 is 4.74 Å². The number of nitrogens with one attached hydrogen (secondary N) is 1. The molecule has 2 rings (SSSR count). The van der Waals surface area contributed by atoms with Gasteiger partial charge in [-0.1, -0.05) is 38.8 Å². The molecule has 0 saturated heterocycles. The first kappa shape index (κ1) is 17.0. The van der Waals surface area contributed by atoms with Crippen LogP contribution in [0.1, 0.15) is 25.5 Å². The average Bonchev–Trinajstić information content (AvgIpc) is 2.43.